The normalized spacial score (nSPS) is 10.6. The van der Waals surface area contributed by atoms with Crippen LogP contribution in [0.3, 0.4) is 0 Å². The highest BCUT2D eigenvalue weighted by atomic mass is 79.9. The Balaban J connectivity index is 2.38. The second kappa shape index (κ2) is 4.68. The van der Waals surface area contributed by atoms with Crippen molar-refractivity contribution in [2.45, 2.75) is 6.54 Å². The zero-order valence-corrected chi connectivity index (χ0v) is 12.0. The quantitative estimate of drug-likeness (QED) is 0.890. The van der Waals surface area contributed by atoms with E-state index in [0.29, 0.717) is 16.1 Å². The predicted octanol–water partition coefficient (Wildman–Crippen LogP) is 2.46. The summed E-state index contributed by atoms with van der Waals surface area (Å²) >= 11 is 7.93. The minimum atomic E-state index is -0.0739. The number of aromatic nitrogens is 2. The predicted molar refractivity (Wildman–Crippen MR) is 71.7 cm³/mol. The van der Waals surface area contributed by atoms with Gasteiger partial charge in [-0.05, 0) is 37.9 Å². The molecule has 0 spiro atoms. The fourth-order valence-corrected chi connectivity index (χ4v) is 3.19. The Kier molecular flexibility index (Phi) is 3.46. The van der Waals surface area contributed by atoms with Gasteiger partial charge in [0, 0.05) is 21.7 Å². The van der Waals surface area contributed by atoms with Crippen LogP contribution in [0.2, 0.25) is 0 Å². The van der Waals surface area contributed by atoms with Crippen LogP contribution in [-0.2, 0) is 6.54 Å². The fraction of sp³-hybridized carbons (Fsp3) is 0.111. The molecule has 0 aliphatic heterocycles. The smallest absolute Gasteiger partial charge is 0.265 e. The van der Waals surface area contributed by atoms with Crippen molar-refractivity contribution in [3.63, 3.8) is 0 Å². The van der Waals surface area contributed by atoms with Crippen LogP contribution in [0, 0.1) is 0 Å². The van der Waals surface area contributed by atoms with Gasteiger partial charge >= 0.3 is 0 Å². The van der Waals surface area contributed by atoms with Gasteiger partial charge in [0.05, 0.1) is 11.0 Å². The lowest BCUT2D eigenvalue weighted by atomic mass is 10.4. The zero-order chi connectivity index (χ0) is 11.7. The van der Waals surface area contributed by atoms with E-state index in [4.69, 9.17) is 5.73 Å². The molecule has 0 aromatic carbocycles. The lowest BCUT2D eigenvalue weighted by molar-refractivity contribution is 0.760. The van der Waals surface area contributed by atoms with Crippen molar-refractivity contribution in [3.8, 4) is 0 Å². The summed E-state index contributed by atoms with van der Waals surface area (Å²) < 4.78 is 2.97. The van der Waals surface area contributed by atoms with Crippen LogP contribution in [-0.4, -0.2) is 9.55 Å². The molecule has 2 rings (SSSR count). The maximum Gasteiger partial charge on any atom is 0.265 e. The Bertz CT molecular complexity index is 578. The van der Waals surface area contributed by atoms with Gasteiger partial charge in [0.1, 0.15) is 0 Å². The molecule has 2 heterocycles. The third-order valence-electron chi connectivity index (χ3n) is 1.91. The van der Waals surface area contributed by atoms with E-state index in [9.17, 15) is 4.79 Å². The van der Waals surface area contributed by atoms with Crippen LogP contribution in [0.25, 0.3) is 0 Å². The largest absolute Gasteiger partial charge is 0.375 e. The van der Waals surface area contributed by atoms with E-state index in [1.165, 1.54) is 11.3 Å². The zero-order valence-electron chi connectivity index (χ0n) is 7.98. The summed E-state index contributed by atoms with van der Waals surface area (Å²) in [5, 5.41) is 0.511. The van der Waals surface area contributed by atoms with Gasteiger partial charge in [0.2, 0.25) is 0 Å². The van der Waals surface area contributed by atoms with Gasteiger partial charge in [-0.3, -0.25) is 4.79 Å². The molecule has 0 saturated heterocycles. The van der Waals surface area contributed by atoms with E-state index in [1.807, 2.05) is 0 Å². The van der Waals surface area contributed by atoms with Crippen LogP contribution in [0.15, 0.2) is 32.2 Å². The summed E-state index contributed by atoms with van der Waals surface area (Å²) in [5.41, 5.74) is 5.46. The minimum Gasteiger partial charge on any atom is -0.375 e. The number of pyridine rings is 1. The molecule has 2 aromatic rings. The fourth-order valence-electron chi connectivity index (χ4n) is 1.25. The number of halogens is 2. The SMILES string of the molecule is Nc1ncc(Cn2cc(Br)cc(Br)c2=O)s1. The van der Waals surface area contributed by atoms with Crippen LogP contribution in [0.4, 0.5) is 5.13 Å². The molecule has 0 amide bonds. The molecule has 0 fully saturated rings. The van der Waals surface area contributed by atoms with Crippen molar-refractivity contribution in [2.24, 2.45) is 0 Å². The molecule has 2 aromatic heterocycles. The van der Waals surface area contributed by atoms with E-state index in [1.54, 1.807) is 23.0 Å². The molecule has 16 heavy (non-hydrogen) atoms. The third kappa shape index (κ3) is 2.53. The number of nitrogen functional groups attached to an aromatic ring is 1. The van der Waals surface area contributed by atoms with Gasteiger partial charge in [0.15, 0.2) is 5.13 Å². The Morgan fingerprint density at radius 2 is 2.25 bits per heavy atom. The average molecular weight is 365 g/mol. The van der Waals surface area contributed by atoms with Gasteiger partial charge in [0.25, 0.3) is 5.56 Å². The van der Waals surface area contributed by atoms with Crippen molar-refractivity contribution in [1.82, 2.24) is 9.55 Å². The molecule has 2 N–H and O–H groups in total. The lowest BCUT2D eigenvalue weighted by Crippen LogP contribution is -2.20. The Labute approximate surface area is 112 Å². The summed E-state index contributed by atoms with van der Waals surface area (Å²) in [6.07, 6.45) is 3.42. The molecule has 0 atom stereocenters. The van der Waals surface area contributed by atoms with Crippen LogP contribution in [0.1, 0.15) is 4.88 Å². The topological polar surface area (TPSA) is 60.9 Å². The van der Waals surface area contributed by atoms with E-state index in [2.05, 4.69) is 36.8 Å². The van der Waals surface area contributed by atoms with Gasteiger partial charge in [-0.1, -0.05) is 0 Å². The van der Waals surface area contributed by atoms with Crippen molar-refractivity contribution in [3.05, 3.63) is 42.6 Å². The first-order valence-corrected chi connectivity index (χ1v) is 6.72. The minimum absolute atomic E-state index is 0.0739. The van der Waals surface area contributed by atoms with E-state index >= 15 is 0 Å². The highest BCUT2D eigenvalue weighted by Gasteiger charge is 2.05. The van der Waals surface area contributed by atoms with E-state index in [-0.39, 0.29) is 5.56 Å². The molecule has 7 heteroatoms. The van der Waals surface area contributed by atoms with Crippen LogP contribution >= 0.6 is 43.2 Å². The average Bonchev–Trinajstić information content (AvgIpc) is 2.60. The van der Waals surface area contributed by atoms with Crippen LogP contribution in [0.5, 0.6) is 0 Å². The van der Waals surface area contributed by atoms with Gasteiger partial charge in [-0.15, -0.1) is 11.3 Å². The standard InChI is InChI=1S/C9H7Br2N3OS/c10-5-1-7(11)8(15)14(3-5)4-6-2-13-9(12)16-6/h1-3H,4H2,(H2,12,13). The van der Waals surface area contributed by atoms with E-state index < -0.39 is 0 Å². The van der Waals surface area contributed by atoms with Gasteiger partial charge < -0.3 is 10.3 Å². The van der Waals surface area contributed by atoms with E-state index in [0.717, 1.165) is 9.35 Å². The number of hydrogen-bond donors (Lipinski definition) is 1. The number of thiazole rings is 1. The van der Waals surface area contributed by atoms with Crippen molar-refractivity contribution >= 4 is 48.3 Å². The Morgan fingerprint density at radius 1 is 1.50 bits per heavy atom. The molecule has 0 aliphatic rings. The number of anilines is 1. The highest BCUT2D eigenvalue weighted by molar-refractivity contribution is 9.11. The maximum atomic E-state index is 11.8. The van der Waals surface area contributed by atoms with Gasteiger partial charge in [-0.25, -0.2) is 4.98 Å². The second-order valence-corrected chi connectivity index (χ2v) is 6.02. The number of rotatable bonds is 2. The summed E-state index contributed by atoms with van der Waals surface area (Å²) in [6.45, 7) is 0.478. The maximum absolute atomic E-state index is 11.8. The first-order chi connectivity index (χ1) is 7.56. The Morgan fingerprint density at radius 3 is 2.88 bits per heavy atom. The molecular weight excluding hydrogens is 358 g/mol. The second-order valence-electron chi connectivity index (χ2n) is 3.10. The van der Waals surface area contributed by atoms with Crippen molar-refractivity contribution in [1.29, 1.82) is 0 Å². The first kappa shape index (κ1) is 11.8. The molecule has 0 radical (unpaired) electrons. The van der Waals surface area contributed by atoms with Crippen molar-refractivity contribution < 1.29 is 0 Å². The van der Waals surface area contributed by atoms with Gasteiger partial charge in [-0.2, -0.15) is 0 Å². The summed E-state index contributed by atoms with van der Waals surface area (Å²) in [7, 11) is 0. The number of hydrogen-bond acceptors (Lipinski definition) is 4. The number of nitrogens with zero attached hydrogens (tertiary/aromatic N) is 2. The first-order valence-electron chi connectivity index (χ1n) is 4.32. The highest BCUT2D eigenvalue weighted by Crippen LogP contribution is 2.17. The molecule has 0 bridgehead atoms. The molecule has 0 aliphatic carbocycles. The molecule has 84 valence electrons. The third-order valence-corrected chi connectivity index (χ3v) is 3.72. The molecule has 4 nitrogen and oxygen atoms in total. The molecule has 0 unspecified atom stereocenters. The monoisotopic (exact) mass is 363 g/mol. The van der Waals surface area contributed by atoms with Crippen LogP contribution < -0.4 is 11.3 Å². The summed E-state index contributed by atoms with van der Waals surface area (Å²) in [5.74, 6) is 0. The molecule has 0 saturated carbocycles. The summed E-state index contributed by atoms with van der Waals surface area (Å²) in [6, 6.07) is 1.72. The summed E-state index contributed by atoms with van der Waals surface area (Å²) in [4.78, 5) is 16.7. The molecular formula is C9H7Br2N3OS. The number of nitrogens with two attached hydrogens (primary N) is 1. The lowest BCUT2D eigenvalue weighted by Gasteiger charge is -2.04. The Hall–Kier alpha value is -0.660. The van der Waals surface area contributed by atoms with Crippen molar-refractivity contribution in [2.75, 3.05) is 5.73 Å².